The smallest absolute Gasteiger partial charge is 0.252 e. The number of benzene rings is 1. The maximum absolute atomic E-state index is 12.0. The van der Waals surface area contributed by atoms with Crippen LogP contribution in [0.15, 0.2) is 24.3 Å². The van der Waals surface area contributed by atoms with Crippen LogP contribution >= 0.6 is 0 Å². The summed E-state index contributed by atoms with van der Waals surface area (Å²) in [6.45, 7) is 2.75. The first-order valence-electron chi connectivity index (χ1n) is 7.16. The predicted molar refractivity (Wildman–Crippen MR) is 76.4 cm³/mol. The largest absolute Gasteiger partial charge is 0.493 e. The molecule has 2 rings (SSSR count). The minimum atomic E-state index is -0.418. The van der Waals surface area contributed by atoms with Gasteiger partial charge in [0.1, 0.15) is 11.8 Å². The van der Waals surface area contributed by atoms with E-state index in [9.17, 15) is 4.79 Å². The van der Waals surface area contributed by atoms with Gasteiger partial charge in [-0.3, -0.25) is 4.79 Å². The molecule has 0 aromatic heterocycles. The van der Waals surface area contributed by atoms with Gasteiger partial charge in [-0.1, -0.05) is 13.3 Å². The maximum atomic E-state index is 12.0. The van der Waals surface area contributed by atoms with Crippen LogP contribution in [-0.2, 0) is 0 Å². The highest BCUT2D eigenvalue weighted by Gasteiger charge is 2.21. The fourth-order valence-corrected chi connectivity index (χ4v) is 1.90. The van der Waals surface area contributed by atoms with Gasteiger partial charge >= 0.3 is 0 Å². The summed E-state index contributed by atoms with van der Waals surface area (Å²) in [5.41, 5.74) is 0.556. The molecule has 0 bridgehead atoms. The molecule has 4 nitrogen and oxygen atoms in total. The standard InChI is InChI=1S/C16H20N2O2/c1-2-3-14(10-17)18-16(19)13-6-8-15(9-7-13)20-11-12-4-5-12/h6-9,12,14H,2-5,11H2,1H3,(H,18,19)/t14-/m0/s1. The number of nitriles is 1. The Kier molecular flexibility index (Phi) is 5.00. The molecule has 0 spiro atoms. The molecule has 1 aromatic rings. The highest BCUT2D eigenvalue weighted by atomic mass is 16.5. The molecule has 4 heteroatoms. The summed E-state index contributed by atoms with van der Waals surface area (Å²) in [7, 11) is 0. The highest BCUT2D eigenvalue weighted by molar-refractivity contribution is 5.94. The lowest BCUT2D eigenvalue weighted by Gasteiger charge is -2.11. The molecule has 1 amide bonds. The van der Waals surface area contributed by atoms with Crippen LogP contribution in [0.3, 0.4) is 0 Å². The van der Waals surface area contributed by atoms with Crippen molar-refractivity contribution in [2.45, 2.75) is 38.6 Å². The van der Waals surface area contributed by atoms with E-state index in [0.717, 1.165) is 18.8 Å². The second kappa shape index (κ2) is 6.95. The summed E-state index contributed by atoms with van der Waals surface area (Å²) >= 11 is 0. The Labute approximate surface area is 119 Å². The number of carbonyl (C=O) groups is 1. The summed E-state index contributed by atoms with van der Waals surface area (Å²) in [6, 6.07) is 8.76. The quantitative estimate of drug-likeness (QED) is 0.830. The topological polar surface area (TPSA) is 62.1 Å². The van der Waals surface area contributed by atoms with Crippen molar-refractivity contribution in [3.05, 3.63) is 29.8 Å². The molecule has 1 aliphatic carbocycles. The SMILES string of the molecule is CCC[C@@H](C#N)NC(=O)c1ccc(OCC2CC2)cc1. The first-order valence-corrected chi connectivity index (χ1v) is 7.16. The summed E-state index contributed by atoms with van der Waals surface area (Å²) in [5.74, 6) is 1.29. The molecule has 0 radical (unpaired) electrons. The van der Waals surface area contributed by atoms with Crippen molar-refractivity contribution in [2.75, 3.05) is 6.61 Å². The van der Waals surface area contributed by atoms with Gasteiger partial charge in [0.05, 0.1) is 12.7 Å². The molecule has 1 aromatic carbocycles. The Balaban J connectivity index is 1.87. The maximum Gasteiger partial charge on any atom is 0.252 e. The number of ether oxygens (including phenoxy) is 1. The van der Waals surface area contributed by atoms with Gasteiger partial charge in [0.15, 0.2) is 0 Å². The number of amides is 1. The van der Waals surface area contributed by atoms with Crippen LogP contribution in [0.25, 0.3) is 0 Å². The van der Waals surface area contributed by atoms with Crippen molar-refractivity contribution in [3.8, 4) is 11.8 Å². The number of carbonyl (C=O) groups excluding carboxylic acids is 1. The molecule has 1 fully saturated rings. The Morgan fingerprint density at radius 2 is 2.15 bits per heavy atom. The van der Waals surface area contributed by atoms with E-state index in [0.29, 0.717) is 17.9 Å². The highest BCUT2D eigenvalue weighted by Crippen LogP contribution is 2.29. The second-order valence-electron chi connectivity index (χ2n) is 5.22. The van der Waals surface area contributed by atoms with Gasteiger partial charge in [0, 0.05) is 5.56 Å². The van der Waals surface area contributed by atoms with E-state index in [-0.39, 0.29) is 5.91 Å². The van der Waals surface area contributed by atoms with Crippen LogP contribution in [0.2, 0.25) is 0 Å². The zero-order chi connectivity index (χ0) is 14.4. The van der Waals surface area contributed by atoms with E-state index in [2.05, 4.69) is 11.4 Å². The van der Waals surface area contributed by atoms with E-state index in [1.54, 1.807) is 24.3 Å². The second-order valence-corrected chi connectivity index (χ2v) is 5.22. The normalized spacial score (nSPS) is 15.2. The number of nitrogens with zero attached hydrogens (tertiary/aromatic N) is 1. The molecule has 0 saturated heterocycles. The van der Waals surface area contributed by atoms with Gasteiger partial charge in [-0.25, -0.2) is 0 Å². The van der Waals surface area contributed by atoms with Gasteiger partial charge < -0.3 is 10.1 Å². The third kappa shape index (κ3) is 4.27. The predicted octanol–water partition coefficient (Wildman–Crippen LogP) is 2.90. The van der Waals surface area contributed by atoms with Crippen LogP contribution in [0, 0.1) is 17.2 Å². The van der Waals surface area contributed by atoms with E-state index < -0.39 is 6.04 Å². The van der Waals surface area contributed by atoms with Gasteiger partial charge in [-0.05, 0) is 49.4 Å². The lowest BCUT2D eigenvalue weighted by Crippen LogP contribution is -2.33. The van der Waals surface area contributed by atoms with E-state index in [4.69, 9.17) is 10.00 Å². The van der Waals surface area contributed by atoms with Gasteiger partial charge in [0.2, 0.25) is 0 Å². The van der Waals surface area contributed by atoms with Crippen LogP contribution in [0.5, 0.6) is 5.75 Å². The number of nitrogens with one attached hydrogen (secondary N) is 1. The van der Waals surface area contributed by atoms with Crippen molar-refractivity contribution in [2.24, 2.45) is 5.92 Å². The van der Waals surface area contributed by atoms with Crippen molar-refractivity contribution in [1.82, 2.24) is 5.32 Å². The fraction of sp³-hybridized carbons (Fsp3) is 0.500. The monoisotopic (exact) mass is 272 g/mol. The lowest BCUT2D eigenvalue weighted by atomic mass is 10.1. The molecule has 1 atom stereocenters. The van der Waals surface area contributed by atoms with Crippen LogP contribution < -0.4 is 10.1 Å². The molecule has 106 valence electrons. The molecule has 20 heavy (non-hydrogen) atoms. The summed E-state index contributed by atoms with van der Waals surface area (Å²) in [5, 5.41) is 11.7. The molecule has 1 N–H and O–H groups in total. The van der Waals surface area contributed by atoms with Crippen molar-refractivity contribution >= 4 is 5.91 Å². The minimum absolute atomic E-state index is 0.209. The Morgan fingerprint density at radius 3 is 2.70 bits per heavy atom. The summed E-state index contributed by atoms with van der Waals surface area (Å²) < 4.78 is 5.62. The van der Waals surface area contributed by atoms with Gasteiger partial charge in [-0.2, -0.15) is 5.26 Å². The number of rotatable bonds is 7. The minimum Gasteiger partial charge on any atom is -0.493 e. The third-order valence-corrected chi connectivity index (χ3v) is 3.34. The fourth-order valence-electron chi connectivity index (χ4n) is 1.90. The van der Waals surface area contributed by atoms with Crippen LogP contribution in [-0.4, -0.2) is 18.6 Å². The molecular weight excluding hydrogens is 252 g/mol. The van der Waals surface area contributed by atoms with E-state index >= 15 is 0 Å². The number of hydrogen-bond donors (Lipinski definition) is 1. The number of hydrogen-bond acceptors (Lipinski definition) is 3. The molecule has 1 aliphatic rings. The molecule has 0 unspecified atom stereocenters. The Morgan fingerprint density at radius 1 is 1.45 bits per heavy atom. The summed E-state index contributed by atoms with van der Waals surface area (Å²) in [4.78, 5) is 12.0. The van der Waals surface area contributed by atoms with E-state index in [1.807, 2.05) is 6.92 Å². The lowest BCUT2D eigenvalue weighted by molar-refractivity contribution is 0.0944. The van der Waals surface area contributed by atoms with Crippen molar-refractivity contribution < 1.29 is 9.53 Å². The average Bonchev–Trinajstić information content (AvgIpc) is 3.29. The first-order chi connectivity index (χ1) is 9.72. The zero-order valence-corrected chi connectivity index (χ0v) is 11.8. The molecule has 0 aliphatic heterocycles. The van der Waals surface area contributed by atoms with Gasteiger partial charge in [-0.15, -0.1) is 0 Å². The van der Waals surface area contributed by atoms with Gasteiger partial charge in [0.25, 0.3) is 5.91 Å². The van der Waals surface area contributed by atoms with Crippen LogP contribution in [0.4, 0.5) is 0 Å². The molecular formula is C16H20N2O2. The molecule has 1 saturated carbocycles. The van der Waals surface area contributed by atoms with Crippen molar-refractivity contribution in [1.29, 1.82) is 5.26 Å². The Hall–Kier alpha value is -2.02. The Bertz CT molecular complexity index is 486. The average molecular weight is 272 g/mol. The van der Waals surface area contributed by atoms with Crippen LogP contribution in [0.1, 0.15) is 43.0 Å². The van der Waals surface area contributed by atoms with E-state index in [1.165, 1.54) is 12.8 Å². The van der Waals surface area contributed by atoms with Crippen molar-refractivity contribution in [3.63, 3.8) is 0 Å². The first kappa shape index (κ1) is 14.4. The summed E-state index contributed by atoms with van der Waals surface area (Å²) in [6.07, 6.45) is 4.05. The third-order valence-electron chi connectivity index (χ3n) is 3.34. The zero-order valence-electron chi connectivity index (χ0n) is 11.8. The molecule has 0 heterocycles.